The van der Waals surface area contributed by atoms with Crippen LogP contribution in [-0.2, 0) is 6.42 Å². The molecule has 2 rings (SSSR count). The van der Waals surface area contributed by atoms with Gasteiger partial charge in [0.05, 0.1) is 14.2 Å². The van der Waals surface area contributed by atoms with E-state index in [2.05, 4.69) is 26.6 Å². The van der Waals surface area contributed by atoms with Crippen LogP contribution >= 0.6 is 15.9 Å². The van der Waals surface area contributed by atoms with E-state index in [9.17, 15) is 4.79 Å². The summed E-state index contributed by atoms with van der Waals surface area (Å²) in [5.41, 5.74) is 2.06. The van der Waals surface area contributed by atoms with Crippen molar-refractivity contribution in [2.45, 2.75) is 6.42 Å². The highest BCUT2D eigenvalue weighted by molar-refractivity contribution is 9.10. The topological polar surface area (TPSA) is 59.6 Å². The van der Waals surface area contributed by atoms with Crippen LogP contribution in [0.2, 0.25) is 0 Å². The van der Waals surface area contributed by atoms with Gasteiger partial charge in [-0.2, -0.15) is 0 Å². The molecule has 0 heterocycles. The van der Waals surface area contributed by atoms with Gasteiger partial charge in [0, 0.05) is 17.2 Å². The molecule has 0 saturated carbocycles. The van der Waals surface area contributed by atoms with Crippen LogP contribution in [0.3, 0.4) is 0 Å². The Kier molecular flexibility index (Phi) is 7.35. The zero-order valence-electron chi connectivity index (χ0n) is 14.2. The molecule has 2 aromatic carbocycles. The largest absolute Gasteiger partial charge is 0.493 e. The average Bonchev–Trinajstić information content (AvgIpc) is 2.61. The first-order chi connectivity index (χ1) is 12.1. The standard InChI is InChI=1S/C19H21BrN2O3/c1-24-17-7-6-15(13-18(17)25-2)9-11-22-19(23)21-10-8-14-4-3-5-16(20)12-14/h3-8,10,12-13H,9,11H2,1-2H3,(H2,21,22,23)/b10-8+. The third kappa shape index (κ3) is 6.15. The predicted octanol–water partition coefficient (Wildman–Crippen LogP) is 3.98. The molecule has 0 aliphatic rings. The van der Waals surface area contributed by atoms with E-state index < -0.39 is 0 Å². The number of halogens is 1. The first-order valence-corrected chi connectivity index (χ1v) is 8.59. The van der Waals surface area contributed by atoms with Crippen molar-refractivity contribution in [3.63, 3.8) is 0 Å². The van der Waals surface area contributed by atoms with Gasteiger partial charge < -0.3 is 20.1 Å². The van der Waals surface area contributed by atoms with Crippen molar-refractivity contribution >= 4 is 28.0 Å². The first-order valence-electron chi connectivity index (χ1n) is 7.80. The Morgan fingerprint density at radius 2 is 1.92 bits per heavy atom. The minimum absolute atomic E-state index is 0.244. The molecule has 0 aliphatic heterocycles. The van der Waals surface area contributed by atoms with Crippen molar-refractivity contribution < 1.29 is 14.3 Å². The lowest BCUT2D eigenvalue weighted by atomic mass is 10.1. The van der Waals surface area contributed by atoms with Crippen LogP contribution < -0.4 is 20.1 Å². The van der Waals surface area contributed by atoms with Crippen LogP contribution in [-0.4, -0.2) is 26.8 Å². The Morgan fingerprint density at radius 1 is 1.12 bits per heavy atom. The van der Waals surface area contributed by atoms with Gasteiger partial charge in [-0.15, -0.1) is 0 Å². The van der Waals surface area contributed by atoms with E-state index in [0.717, 1.165) is 15.6 Å². The van der Waals surface area contributed by atoms with Crippen molar-refractivity contribution in [3.05, 3.63) is 64.3 Å². The number of hydrogen-bond donors (Lipinski definition) is 2. The predicted molar refractivity (Wildman–Crippen MR) is 103 cm³/mol. The van der Waals surface area contributed by atoms with Gasteiger partial charge >= 0.3 is 6.03 Å². The number of nitrogens with one attached hydrogen (secondary N) is 2. The Morgan fingerprint density at radius 3 is 2.64 bits per heavy atom. The summed E-state index contributed by atoms with van der Waals surface area (Å²) in [6.45, 7) is 0.520. The molecular weight excluding hydrogens is 384 g/mol. The Labute approximate surface area is 156 Å². The van der Waals surface area contributed by atoms with Gasteiger partial charge in [0.25, 0.3) is 0 Å². The summed E-state index contributed by atoms with van der Waals surface area (Å²) in [7, 11) is 3.20. The molecule has 25 heavy (non-hydrogen) atoms. The lowest BCUT2D eigenvalue weighted by Crippen LogP contribution is -2.33. The fraction of sp³-hybridized carbons (Fsp3) is 0.211. The first kappa shape index (κ1) is 18.9. The van der Waals surface area contributed by atoms with Crippen LogP contribution in [0.4, 0.5) is 4.79 Å². The second-order valence-electron chi connectivity index (χ2n) is 5.23. The molecule has 0 radical (unpaired) electrons. The molecule has 132 valence electrons. The highest BCUT2D eigenvalue weighted by atomic mass is 79.9. The lowest BCUT2D eigenvalue weighted by molar-refractivity contribution is 0.244. The summed E-state index contributed by atoms with van der Waals surface area (Å²) < 4.78 is 11.5. The molecule has 2 amide bonds. The summed E-state index contributed by atoms with van der Waals surface area (Å²) in [6.07, 6.45) is 4.15. The Balaban J connectivity index is 1.77. The molecule has 0 unspecified atom stereocenters. The molecular formula is C19H21BrN2O3. The minimum Gasteiger partial charge on any atom is -0.493 e. The van der Waals surface area contributed by atoms with Crippen molar-refractivity contribution in [2.75, 3.05) is 20.8 Å². The number of benzene rings is 2. The van der Waals surface area contributed by atoms with E-state index in [1.807, 2.05) is 48.5 Å². The van der Waals surface area contributed by atoms with Gasteiger partial charge in [-0.1, -0.05) is 34.1 Å². The molecule has 0 spiro atoms. The summed E-state index contributed by atoms with van der Waals surface area (Å²) in [6, 6.07) is 13.3. The molecule has 0 saturated heterocycles. The molecule has 0 atom stereocenters. The van der Waals surface area contributed by atoms with E-state index in [0.29, 0.717) is 24.5 Å². The lowest BCUT2D eigenvalue weighted by Gasteiger charge is -2.10. The smallest absolute Gasteiger partial charge is 0.318 e. The van der Waals surface area contributed by atoms with Crippen molar-refractivity contribution in [1.29, 1.82) is 0 Å². The highest BCUT2D eigenvalue weighted by Gasteiger charge is 2.05. The maximum absolute atomic E-state index is 11.8. The number of methoxy groups -OCH3 is 2. The van der Waals surface area contributed by atoms with Crippen molar-refractivity contribution in [3.8, 4) is 11.5 Å². The maximum Gasteiger partial charge on any atom is 0.318 e. The summed E-state index contributed by atoms with van der Waals surface area (Å²) >= 11 is 3.41. The fourth-order valence-electron chi connectivity index (χ4n) is 2.23. The molecule has 0 bridgehead atoms. The molecule has 2 N–H and O–H groups in total. The number of rotatable bonds is 7. The van der Waals surface area contributed by atoms with Gasteiger partial charge in [-0.25, -0.2) is 4.79 Å². The van der Waals surface area contributed by atoms with E-state index in [-0.39, 0.29) is 6.03 Å². The average molecular weight is 405 g/mol. The third-order valence-corrected chi connectivity index (χ3v) is 3.98. The van der Waals surface area contributed by atoms with Gasteiger partial charge in [0.1, 0.15) is 0 Å². The van der Waals surface area contributed by atoms with E-state index in [1.165, 1.54) is 0 Å². The third-order valence-electron chi connectivity index (χ3n) is 3.49. The highest BCUT2D eigenvalue weighted by Crippen LogP contribution is 2.27. The van der Waals surface area contributed by atoms with Crippen molar-refractivity contribution in [1.82, 2.24) is 10.6 Å². The van der Waals surface area contributed by atoms with Gasteiger partial charge in [-0.3, -0.25) is 0 Å². The number of ether oxygens (including phenoxy) is 2. The molecule has 5 nitrogen and oxygen atoms in total. The van der Waals surface area contributed by atoms with Crippen LogP contribution in [0.15, 0.2) is 53.1 Å². The van der Waals surface area contributed by atoms with E-state index in [1.54, 1.807) is 20.4 Å². The second kappa shape index (κ2) is 9.74. The fourth-order valence-corrected chi connectivity index (χ4v) is 2.65. The molecule has 6 heteroatoms. The Bertz CT molecular complexity index is 747. The van der Waals surface area contributed by atoms with Crippen LogP contribution in [0.25, 0.3) is 6.08 Å². The zero-order chi connectivity index (χ0) is 18.1. The molecule has 0 fully saturated rings. The quantitative estimate of drug-likeness (QED) is 0.733. The van der Waals surface area contributed by atoms with Gasteiger partial charge in [0.15, 0.2) is 11.5 Å². The Hall–Kier alpha value is -2.47. The van der Waals surface area contributed by atoms with E-state index in [4.69, 9.17) is 9.47 Å². The molecule has 0 aromatic heterocycles. The number of carbonyl (C=O) groups excluding carboxylic acids is 1. The normalized spacial score (nSPS) is 10.5. The van der Waals surface area contributed by atoms with Crippen LogP contribution in [0, 0.1) is 0 Å². The number of urea groups is 1. The number of hydrogen-bond acceptors (Lipinski definition) is 3. The number of amides is 2. The second-order valence-corrected chi connectivity index (χ2v) is 6.14. The number of carbonyl (C=O) groups is 1. The zero-order valence-corrected chi connectivity index (χ0v) is 15.8. The maximum atomic E-state index is 11.8. The summed E-state index contributed by atoms with van der Waals surface area (Å²) in [4.78, 5) is 11.8. The summed E-state index contributed by atoms with van der Waals surface area (Å²) in [5.74, 6) is 1.37. The van der Waals surface area contributed by atoms with Crippen LogP contribution in [0.5, 0.6) is 11.5 Å². The molecule has 2 aromatic rings. The monoisotopic (exact) mass is 404 g/mol. The summed E-state index contributed by atoms with van der Waals surface area (Å²) in [5, 5.41) is 5.50. The minimum atomic E-state index is -0.244. The SMILES string of the molecule is COc1ccc(CCNC(=O)N/C=C/c2cccc(Br)c2)cc1OC. The van der Waals surface area contributed by atoms with Crippen LogP contribution in [0.1, 0.15) is 11.1 Å². The van der Waals surface area contributed by atoms with Gasteiger partial charge in [-0.05, 0) is 47.9 Å². The van der Waals surface area contributed by atoms with Gasteiger partial charge in [0.2, 0.25) is 0 Å². The molecule has 0 aliphatic carbocycles. The van der Waals surface area contributed by atoms with Crippen molar-refractivity contribution in [2.24, 2.45) is 0 Å². The van der Waals surface area contributed by atoms with E-state index >= 15 is 0 Å².